The second-order valence-corrected chi connectivity index (χ2v) is 11.0. The fraction of sp³-hybridized carbons (Fsp3) is 0.350. The van der Waals surface area contributed by atoms with Crippen LogP contribution in [-0.4, -0.2) is 40.8 Å². The number of hydrogen-bond donors (Lipinski definition) is 2. The van der Waals surface area contributed by atoms with Gasteiger partial charge in [0.2, 0.25) is 20.0 Å². The van der Waals surface area contributed by atoms with Gasteiger partial charge in [-0.25, -0.2) is 16.8 Å². The van der Waals surface area contributed by atoms with Gasteiger partial charge in [0.05, 0.1) is 22.9 Å². The molecule has 0 saturated carbocycles. The third-order valence-corrected chi connectivity index (χ3v) is 8.18. The van der Waals surface area contributed by atoms with Gasteiger partial charge in [0, 0.05) is 17.8 Å². The maximum Gasteiger partial charge on any atom is 0.255 e. The number of carbonyl (C=O) groups is 1. The maximum atomic E-state index is 12.6. The van der Waals surface area contributed by atoms with E-state index in [1.807, 2.05) is 0 Å². The van der Waals surface area contributed by atoms with E-state index >= 15 is 0 Å². The first kappa shape index (κ1) is 22.1. The molecule has 0 bridgehead atoms. The number of carbonyl (C=O) groups excluding carboxylic acids is 1. The lowest BCUT2D eigenvalue weighted by molar-refractivity contribution is 0.102. The Morgan fingerprint density at radius 1 is 1.10 bits per heavy atom. The van der Waals surface area contributed by atoms with E-state index in [4.69, 9.17) is 0 Å². The van der Waals surface area contributed by atoms with Gasteiger partial charge in [0.25, 0.3) is 5.91 Å². The van der Waals surface area contributed by atoms with Crippen molar-refractivity contribution in [2.75, 3.05) is 32.4 Å². The van der Waals surface area contributed by atoms with Crippen LogP contribution in [0.3, 0.4) is 0 Å². The lowest BCUT2D eigenvalue weighted by Gasteiger charge is -2.17. The third kappa shape index (κ3) is 4.93. The topological polar surface area (TPSA) is 113 Å². The summed E-state index contributed by atoms with van der Waals surface area (Å²) in [5, 5.41) is 2.78. The van der Waals surface area contributed by atoms with Gasteiger partial charge in [0.15, 0.2) is 0 Å². The molecule has 1 aliphatic heterocycles. The third-order valence-electron chi connectivity index (χ3n) is 4.84. The van der Waals surface area contributed by atoms with Crippen LogP contribution in [0, 0.1) is 6.92 Å². The van der Waals surface area contributed by atoms with Gasteiger partial charge < -0.3 is 5.32 Å². The van der Waals surface area contributed by atoms with Crippen molar-refractivity contribution in [3.63, 3.8) is 0 Å². The van der Waals surface area contributed by atoms with Crippen LogP contribution >= 0.6 is 0 Å². The predicted molar refractivity (Wildman–Crippen MR) is 119 cm³/mol. The van der Waals surface area contributed by atoms with E-state index in [-0.39, 0.29) is 17.4 Å². The van der Waals surface area contributed by atoms with Gasteiger partial charge in [-0.3, -0.25) is 13.8 Å². The number of sulfonamides is 2. The van der Waals surface area contributed by atoms with Crippen LogP contribution in [0.4, 0.5) is 17.1 Å². The monoisotopic (exact) mass is 451 g/mol. The van der Waals surface area contributed by atoms with Gasteiger partial charge in [-0.05, 0) is 61.7 Å². The second-order valence-electron chi connectivity index (χ2n) is 7.14. The molecule has 1 saturated heterocycles. The molecule has 0 aliphatic carbocycles. The molecule has 0 spiro atoms. The summed E-state index contributed by atoms with van der Waals surface area (Å²) < 4.78 is 52.1. The Kier molecular flexibility index (Phi) is 6.37. The van der Waals surface area contributed by atoms with Crippen molar-refractivity contribution in [3.05, 3.63) is 53.6 Å². The highest BCUT2D eigenvalue weighted by atomic mass is 32.2. The van der Waals surface area contributed by atoms with Crippen molar-refractivity contribution >= 4 is 43.0 Å². The van der Waals surface area contributed by atoms with Crippen LogP contribution in [0.1, 0.15) is 35.7 Å². The zero-order valence-electron chi connectivity index (χ0n) is 16.9. The lowest BCUT2D eigenvalue weighted by atomic mass is 10.1. The predicted octanol–water partition coefficient (Wildman–Crippen LogP) is 2.94. The average molecular weight is 452 g/mol. The first-order chi connectivity index (χ1) is 14.1. The van der Waals surface area contributed by atoms with E-state index in [0.717, 1.165) is 0 Å². The first-order valence-electron chi connectivity index (χ1n) is 9.65. The van der Waals surface area contributed by atoms with Crippen LogP contribution in [0.25, 0.3) is 0 Å². The summed E-state index contributed by atoms with van der Waals surface area (Å²) in [6.45, 7) is 3.95. The van der Waals surface area contributed by atoms with Crippen molar-refractivity contribution < 1.29 is 21.6 Å². The Morgan fingerprint density at radius 2 is 1.77 bits per heavy atom. The lowest BCUT2D eigenvalue weighted by Crippen LogP contribution is -2.25. The number of rotatable bonds is 7. The van der Waals surface area contributed by atoms with Crippen molar-refractivity contribution in [1.82, 2.24) is 0 Å². The number of amides is 1. The number of anilines is 3. The quantitative estimate of drug-likeness (QED) is 0.672. The second kappa shape index (κ2) is 8.65. The fourth-order valence-electron chi connectivity index (χ4n) is 3.27. The molecule has 1 heterocycles. The molecule has 2 N–H and O–H groups in total. The highest BCUT2D eigenvalue weighted by Crippen LogP contribution is 2.26. The summed E-state index contributed by atoms with van der Waals surface area (Å²) in [6.07, 6.45) is 1.09. The van der Waals surface area contributed by atoms with Crippen LogP contribution in [0.5, 0.6) is 0 Å². The average Bonchev–Trinajstić information content (AvgIpc) is 3.04. The normalized spacial score (nSPS) is 15.7. The molecule has 1 amide bonds. The molecule has 0 aromatic heterocycles. The van der Waals surface area contributed by atoms with Gasteiger partial charge in [-0.1, -0.05) is 13.0 Å². The molecular weight excluding hydrogens is 426 g/mol. The molecular formula is C20H25N3O5S2. The molecule has 8 nitrogen and oxygen atoms in total. The van der Waals surface area contributed by atoms with Gasteiger partial charge in [-0.2, -0.15) is 0 Å². The Balaban J connectivity index is 1.75. The number of nitrogens with zero attached hydrogens (tertiary/aromatic N) is 1. The summed E-state index contributed by atoms with van der Waals surface area (Å²) in [7, 11) is -6.72. The largest absolute Gasteiger partial charge is 0.322 e. The number of benzene rings is 2. The molecule has 3 rings (SSSR count). The summed E-state index contributed by atoms with van der Waals surface area (Å²) >= 11 is 0. The SMILES string of the molecule is CCCS(=O)(=O)Nc1cccc(NC(=O)c2ccc(N3CCCS3(=O)=O)cc2)c1C. The zero-order chi connectivity index (χ0) is 21.9. The molecule has 1 fully saturated rings. The molecule has 30 heavy (non-hydrogen) atoms. The molecule has 0 radical (unpaired) electrons. The van der Waals surface area contributed by atoms with Crippen molar-refractivity contribution in [2.24, 2.45) is 0 Å². The zero-order valence-corrected chi connectivity index (χ0v) is 18.5. The standard InChI is InChI=1S/C20H25N3O5S2/c1-3-13-29(25,26)22-19-7-4-6-18(15(19)2)21-20(24)16-8-10-17(11-9-16)23-12-5-14-30(23,27)28/h4,6-11,22H,3,5,12-14H2,1-2H3,(H,21,24). The van der Waals surface area contributed by atoms with E-state index in [1.165, 1.54) is 4.31 Å². The maximum absolute atomic E-state index is 12.6. The van der Waals surface area contributed by atoms with Gasteiger partial charge in [-0.15, -0.1) is 0 Å². The summed E-state index contributed by atoms with van der Waals surface area (Å²) in [6, 6.07) is 11.4. The number of hydrogen-bond acceptors (Lipinski definition) is 5. The van der Waals surface area contributed by atoms with Crippen molar-refractivity contribution in [1.29, 1.82) is 0 Å². The molecule has 2 aromatic rings. The highest BCUT2D eigenvalue weighted by Gasteiger charge is 2.28. The van der Waals surface area contributed by atoms with E-state index in [9.17, 15) is 21.6 Å². The van der Waals surface area contributed by atoms with Crippen molar-refractivity contribution in [3.8, 4) is 0 Å². The summed E-state index contributed by atoms with van der Waals surface area (Å²) in [5.41, 5.74) is 2.41. The Morgan fingerprint density at radius 3 is 2.37 bits per heavy atom. The van der Waals surface area contributed by atoms with E-state index in [0.29, 0.717) is 47.6 Å². The summed E-state index contributed by atoms with van der Waals surface area (Å²) in [5.74, 6) is -0.225. The van der Waals surface area contributed by atoms with E-state index in [2.05, 4.69) is 10.0 Å². The Labute approximate surface area is 177 Å². The van der Waals surface area contributed by atoms with Gasteiger partial charge >= 0.3 is 0 Å². The van der Waals surface area contributed by atoms with Crippen LogP contribution < -0.4 is 14.3 Å². The fourth-order valence-corrected chi connectivity index (χ4v) is 6.03. The Bertz CT molecular complexity index is 1140. The molecule has 0 atom stereocenters. The van der Waals surface area contributed by atoms with Crippen LogP contribution in [0.2, 0.25) is 0 Å². The molecule has 0 unspecified atom stereocenters. The Hall–Kier alpha value is -2.59. The number of nitrogens with one attached hydrogen (secondary N) is 2. The minimum absolute atomic E-state index is 0.0160. The van der Waals surface area contributed by atoms with Crippen LogP contribution in [0.15, 0.2) is 42.5 Å². The first-order valence-corrected chi connectivity index (χ1v) is 12.9. The molecule has 162 valence electrons. The molecule has 1 aliphatic rings. The minimum Gasteiger partial charge on any atom is -0.322 e. The molecule has 10 heteroatoms. The minimum atomic E-state index is -3.44. The highest BCUT2D eigenvalue weighted by molar-refractivity contribution is 7.93. The van der Waals surface area contributed by atoms with Crippen LogP contribution in [-0.2, 0) is 20.0 Å². The van der Waals surface area contributed by atoms with Crippen molar-refractivity contribution in [2.45, 2.75) is 26.7 Å². The smallest absolute Gasteiger partial charge is 0.255 e. The van der Waals surface area contributed by atoms with E-state index < -0.39 is 20.0 Å². The molecule has 2 aromatic carbocycles. The summed E-state index contributed by atoms with van der Waals surface area (Å²) in [4.78, 5) is 12.6. The van der Waals surface area contributed by atoms with Gasteiger partial charge in [0.1, 0.15) is 0 Å². The van der Waals surface area contributed by atoms with E-state index in [1.54, 1.807) is 56.3 Å².